The molecule has 0 radical (unpaired) electrons. The zero-order chi connectivity index (χ0) is 22.7. The van der Waals surface area contributed by atoms with Gasteiger partial charge < -0.3 is 15.2 Å². The van der Waals surface area contributed by atoms with Crippen LogP contribution in [0.5, 0.6) is 11.5 Å². The molecule has 4 rings (SSSR count). The third-order valence-corrected chi connectivity index (χ3v) is 4.77. The Morgan fingerprint density at radius 1 is 1.12 bits per heavy atom. The van der Waals surface area contributed by atoms with Crippen molar-refractivity contribution in [3.05, 3.63) is 76.3 Å². The predicted octanol–water partition coefficient (Wildman–Crippen LogP) is 2.15. The van der Waals surface area contributed by atoms with Gasteiger partial charge in [-0.25, -0.2) is 15.0 Å². The summed E-state index contributed by atoms with van der Waals surface area (Å²) in [5.41, 5.74) is 6.51. The van der Waals surface area contributed by atoms with Crippen LogP contribution in [0, 0.1) is 0 Å². The quantitative estimate of drug-likeness (QED) is 0.473. The molecule has 2 aromatic heterocycles. The van der Waals surface area contributed by atoms with E-state index in [-0.39, 0.29) is 28.5 Å². The van der Waals surface area contributed by atoms with Crippen molar-refractivity contribution in [2.24, 2.45) is 7.05 Å². The maximum Gasteiger partial charge on any atom is 0.262 e. The predicted molar refractivity (Wildman–Crippen MR) is 119 cm³/mol. The van der Waals surface area contributed by atoms with Crippen molar-refractivity contribution in [1.82, 2.24) is 19.5 Å². The molecule has 0 atom stereocenters. The third-order valence-electron chi connectivity index (χ3n) is 4.77. The lowest BCUT2D eigenvalue weighted by Crippen LogP contribution is -2.25. The SMILES string of the molecule is COc1c(OCc2ccccc2)ccc2c(=O)n(C)c(NC(=O)c3cnc(N)nc3)nc12. The topological polar surface area (TPSA) is 134 Å². The van der Waals surface area contributed by atoms with Crippen LogP contribution in [0.1, 0.15) is 15.9 Å². The zero-order valence-corrected chi connectivity index (χ0v) is 17.4. The Morgan fingerprint density at radius 2 is 1.84 bits per heavy atom. The molecule has 2 heterocycles. The van der Waals surface area contributed by atoms with Gasteiger partial charge in [-0.05, 0) is 17.7 Å². The van der Waals surface area contributed by atoms with Gasteiger partial charge in [-0.2, -0.15) is 0 Å². The number of amides is 1. The van der Waals surface area contributed by atoms with Gasteiger partial charge in [-0.3, -0.25) is 19.5 Å². The van der Waals surface area contributed by atoms with Gasteiger partial charge in [0.05, 0.1) is 18.1 Å². The lowest BCUT2D eigenvalue weighted by molar-refractivity contribution is 0.102. The van der Waals surface area contributed by atoms with Gasteiger partial charge >= 0.3 is 0 Å². The number of carbonyl (C=O) groups is 1. The third kappa shape index (κ3) is 4.06. The first-order valence-corrected chi connectivity index (χ1v) is 9.61. The number of benzene rings is 2. The van der Waals surface area contributed by atoms with Crippen LogP contribution in [0.25, 0.3) is 10.9 Å². The average Bonchev–Trinajstić information content (AvgIpc) is 2.81. The number of aromatic nitrogens is 4. The van der Waals surface area contributed by atoms with Crippen LogP contribution >= 0.6 is 0 Å². The second kappa shape index (κ2) is 8.72. The van der Waals surface area contributed by atoms with Crippen molar-refractivity contribution in [2.45, 2.75) is 6.61 Å². The molecule has 0 saturated carbocycles. The largest absolute Gasteiger partial charge is 0.491 e. The van der Waals surface area contributed by atoms with Crippen LogP contribution in [0.4, 0.5) is 11.9 Å². The average molecular weight is 432 g/mol. The summed E-state index contributed by atoms with van der Waals surface area (Å²) in [5.74, 6) is 0.256. The van der Waals surface area contributed by atoms with E-state index in [1.807, 2.05) is 30.3 Å². The molecule has 0 aliphatic carbocycles. The number of nitrogen functional groups attached to an aromatic ring is 1. The first-order valence-electron chi connectivity index (χ1n) is 9.61. The summed E-state index contributed by atoms with van der Waals surface area (Å²) in [4.78, 5) is 37.5. The van der Waals surface area contributed by atoms with E-state index in [0.29, 0.717) is 23.5 Å². The molecule has 162 valence electrons. The van der Waals surface area contributed by atoms with Crippen molar-refractivity contribution in [3.8, 4) is 11.5 Å². The smallest absolute Gasteiger partial charge is 0.262 e. The van der Waals surface area contributed by atoms with Gasteiger partial charge in [0, 0.05) is 19.4 Å². The fourth-order valence-corrected chi connectivity index (χ4v) is 3.08. The van der Waals surface area contributed by atoms with Crippen LogP contribution in [-0.4, -0.2) is 32.5 Å². The fraction of sp³-hybridized carbons (Fsp3) is 0.136. The number of fused-ring (bicyclic) bond motifs is 1. The number of nitrogens with zero attached hydrogens (tertiary/aromatic N) is 4. The number of carbonyl (C=O) groups excluding carboxylic acids is 1. The van der Waals surface area contributed by atoms with Crippen LogP contribution < -0.4 is 26.1 Å². The molecule has 0 aliphatic heterocycles. The molecule has 0 saturated heterocycles. The van der Waals surface area contributed by atoms with E-state index >= 15 is 0 Å². The second-order valence-electron chi connectivity index (χ2n) is 6.85. The monoisotopic (exact) mass is 432 g/mol. The van der Waals surface area contributed by atoms with Crippen molar-refractivity contribution in [3.63, 3.8) is 0 Å². The van der Waals surface area contributed by atoms with E-state index in [1.165, 1.54) is 31.1 Å². The number of rotatable bonds is 6. The maximum atomic E-state index is 12.9. The van der Waals surface area contributed by atoms with Gasteiger partial charge in [-0.15, -0.1) is 0 Å². The van der Waals surface area contributed by atoms with E-state index in [2.05, 4.69) is 20.3 Å². The first kappa shape index (κ1) is 20.8. The molecule has 1 amide bonds. The summed E-state index contributed by atoms with van der Waals surface area (Å²) < 4.78 is 12.7. The molecule has 0 spiro atoms. The molecule has 10 heteroatoms. The molecule has 0 bridgehead atoms. The Bertz CT molecular complexity index is 1340. The summed E-state index contributed by atoms with van der Waals surface area (Å²) in [6.07, 6.45) is 2.57. The Labute approximate surface area is 182 Å². The summed E-state index contributed by atoms with van der Waals surface area (Å²) in [5, 5.41) is 2.93. The molecule has 3 N–H and O–H groups in total. The molecule has 0 fully saturated rings. The zero-order valence-electron chi connectivity index (χ0n) is 17.4. The Balaban J connectivity index is 1.71. The fourth-order valence-electron chi connectivity index (χ4n) is 3.08. The van der Waals surface area contributed by atoms with Crippen molar-refractivity contribution in [2.75, 3.05) is 18.2 Å². The minimum atomic E-state index is -0.540. The molecular formula is C22H20N6O4. The lowest BCUT2D eigenvalue weighted by Gasteiger charge is -2.15. The van der Waals surface area contributed by atoms with E-state index in [0.717, 1.165) is 5.56 Å². The lowest BCUT2D eigenvalue weighted by atomic mass is 10.2. The minimum absolute atomic E-state index is 0.0304. The molecule has 0 unspecified atom stereocenters. The van der Waals surface area contributed by atoms with E-state index in [4.69, 9.17) is 15.2 Å². The number of nitrogens with one attached hydrogen (secondary N) is 1. The van der Waals surface area contributed by atoms with Crippen LogP contribution in [0.3, 0.4) is 0 Å². The van der Waals surface area contributed by atoms with Crippen LogP contribution in [0.2, 0.25) is 0 Å². The van der Waals surface area contributed by atoms with E-state index in [9.17, 15) is 9.59 Å². The van der Waals surface area contributed by atoms with Gasteiger partial charge in [0.1, 0.15) is 12.1 Å². The van der Waals surface area contributed by atoms with Crippen LogP contribution in [0.15, 0.2) is 59.7 Å². The van der Waals surface area contributed by atoms with Gasteiger partial charge in [0.25, 0.3) is 11.5 Å². The van der Waals surface area contributed by atoms with Gasteiger partial charge in [0.2, 0.25) is 11.9 Å². The Hall–Kier alpha value is -4.47. The number of hydrogen-bond acceptors (Lipinski definition) is 8. The number of hydrogen-bond donors (Lipinski definition) is 2. The first-order chi connectivity index (χ1) is 15.5. The molecule has 32 heavy (non-hydrogen) atoms. The Kier molecular flexibility index (Phi) is 5.67. The highest BCUT2D eigenvalue weighted by atomic mass is 16.5. The van der Waals surface area contributed by atoms with Crippen molar-refractivity contribution < 1.29 is 14.3 Å². The molecule has 10 nitrogen and oxygen atoms in total. The Morgan fingerprint density at radius 3 is 2.53 bits per heavy atom. The number of ether oxygens (including phenoxy) is 2. The van der Waals surface area contributed by atoms with Crippen molar-refractivity contribution >= 4 is 28.7 Å². The normalized spacial score (nSPS) is 10.7. The van der Waals surface area contributed by atoms with E-state index in [1.54, 1.807) is 12.1 Å². The summed E-state index contributed by atoms with van der Waals surface area (Å²) in [7, 11) is 2.98. The van der Waals surface area contributed by atoms with E-state index < -0.39 is 5.91 Å². The molecule has 0 aliphatic rings. The standard InChI is InChI=1S/C22H20N6O4/c1-28-20(30)15-8-9-16(32-12-13-6-4-3-5-7-13)18(31-2)17(15)26-22(28)27-19(29)14-10-24-21(23)25-11-14/h3-11H,12H2,1-2H3,(H2,23,24,25)(H,26,27,29). The number of methoxy groups -OCH3 is 1. The van der Waals surface area contributed by atoms with Crippen molar-refractivity contribution in [1.29, 1.82) is 0 Å². The van der Waals surface area contributed by atoms with Crippen LogP contribution in [-0.2, 0) is 13.7 Å². The second-order valence-corrected chi connectivity index (χ2v) is 6.85. The minimum Gasteiger partial charge on any atom is -0.491 e. The maximum absolute atomic E-state index is 12.9. The van der Waals surface area contributed by atoms with Gasteiger partial charge in [0.15, 0.2) is 11.5 Å². The number of nitrogens with two attached hydrogens (primary N) is 1. The van der Waals surface area contributed by atoms with Gasteiger partial charge in [-0.1, -0.05) is 30.3 Å². The summed E-state index contributed by atoms with van der Waals surface area (Å²) in [6, 6.07) is 12.9. The molecular weight excluding hydrogens is 412 g/mol. The molecule has 2 aromatic carbocycles. The summed E-state index contributed by atoms with van der Waals surface area (Å²) in [6.45, 7) is 0.314. The number of anilines is 2. The highest BCUT2D eigenvalue weighted by Crippen LogP contribution is 2.34. The highest BCUT2D eigenvalue weighted by Gasteiger charge is 2.18. The highest BCUT2D eigenvalue weighted by molar-refractivity contribution is 6.03. The summed E-state index contributed by atoms with van der Waals surface area (Å²) >= 11 is 0. The molecule has 4 aromatic rings.